The lowest BCUT2D eigenvalue weighted by Crippen LogP contribution is -1.95. The fourth-order valence-corrected chi connectivity index (χ4v) is 0.877. The van der Waals surface area contributed by atoms with Crippen molar-refractivity contribution in [3.05, 3.63) is 8.86 Å². The van der Waals surface area contributed by atoms with Crippen LogP contribution in [0.5, 0.6) is 0 Å². The van der Waals surface area contributed by atoms with E-state index in [0.29, 0.717) is 0 Å². The van der Waals surface area contributed by atoms with E-state index in [9.17, 15) is 8.42 Å². The maximum absolute atomic E-state index is 9.97. The lowest BCUT2D eigenvalue weighted by molar-refractivity contribution is 0.493. The van der Waals surface area contributed by atoms with Gasteiger partial charge in [0.15, 0.2) is 4.36 Å². The summed E-state index contributed by atoms with van der Waals surface area (Å²) in [6.45, 7) is 0. The van der Waals surface area contributed by atoms with Gasteiger partial charge < -0.3 is 0 Å². The van der Waals surface area contributed by atoms with Gasteiger partial charge in [0.25, 0.3) is 0 Å². The quantitative estimate of drug-likeness (QED) is 0.672. The fourth-order valence-electron chi connectivity index (χ4n) is 0.0975. The zero-order valence-corrected chi connectivity index (χ0v) is 6.89. The molecule has 0 aromatic rings. The van der Waals surface area contributed by atoms with Crippen LogP contribution in [0.25, 0.3) is 0 Å². The van der Waals surface area contributed by atoms with Gasteiger partial charge in [-0.3, -0.25) is 4.55 Å². The lowest BCUT2D eigenvalue weighted by atomic mass is 11.2. The van der Waals surface area contributed by atoms with Gasteiger partial charge in [-0.2, -0.15) is 8.42 Å². The van der Waals surface area contributed by atoms with E-state index in [0.717, 1.165) is 0 Å². The van der Waals surface area contributed by atoms with Crippen molar-refractivity contribution in [1.82, 2.24) is 0 Å². The summed E-state index contributed by atoms with van der Waals surface area (Å²) in [6.07, 6.45) is 0. The highest BCUT2D eigenvalue weighted by Crippen LogP contribution is 2.21. The molecule has 1 N–H and O–H groups in total. The second-order valence-electron chi connectivity index (χ2n) is 1.01. The summed E-state index contributed by atoms with van der Waals surface area (Å²) >= 11 is 14.6. The van der Waals surface area contributed by atoms with E-state index in [1.807, 2.05) is 0 Å². The average molecular weight is 211 g/mol. The highest BCUT2D eigenvalue weighted by molar-refractivity contribution is 7.91. The third-order valence-electron chi connectivity index (χ3n) is 0.375. The maximum atomic E-state index is 9.97. The van der Waals surface area contributed by atoms with Gasteiger partial charge in [-0.25, -0.2) is 0 Å². The van der Waals surface area contributed by atoms with E-state index >= 15 is 0 Å². The molecule has 0 heterocycles. The largest absolute Gasteiger partial charge is 0.307 e. The van der Waals surface area contributed by atoms with Gasteiger partial charge in [-0.05, 0) is 0 Å². The SMILES string of the molecule is O=S(=O)(O)C(Cl)=C(Cl)Cl. The topological polar surface area (TPSA) is 54.4 Å². The van der Waals surface area contributed by atoms with E-state index in [1.165, 1.54) is 0 Å². The molecule has 0 aliphatic heterocycles. The monoisotopic (exact) mass is 210 g/mol. The minimum Gasteiger partial charge on any atom is -0.281 e. The normalized spacial score (nSPS) is 11.1. The molecule has 0 aliphatic carbocycles. The predicted octanol–water partition coefficient (Wildman–Crippen LogP) is 1.72. The van der Waals surface area contributed by atoms with Crippen molar-refractivity contribution < 1.29 is 13.0 Å². The molecule has 0 bridgehead atoms. The first-order valence-corrected chi connectivity index (χ1v) is 4.11. The molecule has 54 valence electrons. The predicted molar refractivity (Wildman–Crippen MR) is 36.1 cm³/mol. The maximum Gasteiger partial charge on any atom is 0.307 e. The van der Waals surface area contributed by atoms with Crippen LogP contribution in [0.3, 0.4) is 0 Å². The van der Waals surface area contributed by atoms with Crippen molar-refractivity contribution in [2.75, 3.05) is 0 Å². The molecule has 0 aromatic carbocycles. The van der Waals surface area contributed by atoms with E-state index in [2.05, 4.69) is 0 Å². The third-order valence-corrected chi connectivity index (χ3v) is 2.60. The summed E-state index contributed by atoms with van der Waals surface area (Å²) < 4.78 is 26.4. The first kappa shape index (κ1) is 9.52. The molecule has 7 heteroatoms. The Morgan fingerprint density at radius 2 is 1.56 bits per heavy atom. The molecule has 0 amide bonds. The minimum atomic E-state index is -4.42. The molecule has 0 radical (unpaired) electrons. The Hall–Kier alpha value is 0.520. The Morgan fingerprint density at radius 3 is 1.56 bits per heavy atom. The number of halogens is 3. The first-order chi connectivity index (χ1) is 3.85. The van der Waals surface area contributed by atoms with E-state index in [-0.39, 0.29) is 0 Å². The average Bonchev–Trinajstić information content (AvgIpc) is 1.62. The standard InChI is InChI=1S/C2HCl3O3S/c3-1(4)2(5)9(6,7)8/h(H,6,7,8). The van der Waals surface area contributed by atoms with Crippen molar-refractivity contribution in [3.8, 4) is 0 Å². The highest BCUT2D eigenvalue weighted by atomic mass is 35.5. The van der Waals surface area contributed by atoms with Gasteiger partial charge in [0.05, 0.1) is 0 Å². The fraction of sp³-hybridized carbons (Fsp3) is 0. The van der Waals surface area contributed by atoms with Gasteiger partial charge in [0, 0.05) is 0 Å². The Kier molecular flexibility index (Phi) is 3.25. The van der Waals surface area contributed by atoms with Crippen LogP contribution in [0.4, 0.5) is 0 Å². The van der Waals surface area contributed by atoms with E-state index in [1.54, 1.807) is 0 Å². The third kappa shape index (κ3) is 3.27. The molecule has 0 aromatic heterocycles. The van der Waals surface area contributed by atoms with Crippen LogP contribution in [0.15, 0.2) is 8.86 Å². The number of hydrogen-bond acceptors (Lipinski definition) is 2. The smallest absolute Gasteiger partial charge is 0.281 e. The van der Waals surface area contributed by atoms with Crippen molar-refractivity contribution in [2.45, 2.75) is 0 Å². The van der Waals surface area contributed by atoms with Gasteiger partial charge in [0.2, 0.25) is 0 Å². The molecule has 0 saturated carbocycles. The number of rotatable bonds is 1. The Morgan fingerprint density at radius 1 is 1.22 bits per heavy atom. The molecule has 0 rings (SSSR count). The van der Waals surface area contributed by atoms with Crippen LogP contribution in [0, 0.1) is 0 Å². The first-order valence-electron chi connectivity index (χ1n) is 1.54. The molecule has 3 nitrogen and oxygen atoms in total. The molecule has 0 spiro atoms. The van der Waals surface area contributed by atoms with Crippen LogP contribution in [0.2, 0.25) is 0 Å². The Balaban J connectivity index is 4.86. The van der Waals surface area contributed by atoms with E-state index < -0.39 is 19.0 Å². The van der Waals surface area contributed by atoms with Crippen molar-refractivity contribution in [3.63, 3.8) is 0 Å². The molecule has 0 unspecified atom stereocenters. The lowest BCUT2D eigenvalue weighted by Gasteiger charge is -1.89. The zero-order valence-electron chi connectivity index (χ0n) is 3.81. The Labute approximate surface area is 67.0 Å². The zero-order chi connectivity index (χ0) is 7.65. The highest BCUT2D eigenvalue weighted by Gasteiger charge is 2.13. The van der Waals surface area contributed by atoms with Crippen LogP contribution in [-0.4, -0.2) is 13.0 Å². The molecular formula is C2HCl3O3S. The summed E-state index contributed by atoms with van der Waals surface area (Å²) in [7, 11) is -4.42. The van der Waals surface area contributed by atoms with Crippen LogP contribution < -0.4 is 0 Å². The Bertz CT molecular complexity index is 223. The molecular weight excluding hydrogens is 210 g/mol. The van der Waals surface area contributed by atoms with Crippen molar-refractivity contribution >= 4 is 44.9 Å². The minimum absolute atomic E-state index is 0.681. The van der Waals surface area contributed by atoms with Crippen molar-refractivity contribution in [2.24, 2.45) is 0 Å². The molecule has 0 aliphatic rings. The molecule has 9 heavy (non-hydrogen) atoms. The van der Waals surface area contributed by atoms with Gasteiger partial charge in [-0.15, -0.1) is 0 Å². The van der Waals surface area contributed by atoms with Crippen LogP contribution in [-0.2, 0) is 10.1 Å². The van der Waals surface area contributed by atoms with Gasteiger partial charge in [0.1, 0.15) is 4.49 Å². The molecule has 0 saturated heterocycles. The second-order valence-corrected chi connectivity index (χ2v) is 3.92. The summed E-state index contributed by atoms with van der Waals surface area (Å²) in [5, 5.41) is 0. The summed E-state index contributed by atoms with van der Waals surface area (Å²) in [5.74, 6) is 0. The van der Waals surface area contributed by atoms with Crippen LogP contribution in [0.1, 0.15) is 0 Å². The summed E-state index contributed by atoms with van der Waals surface area (Å²) in [6, 6.07) is 0. The van der Waals surface area contributed by atoms with Gasteiger partial charge >= 0.3 is 10.1 Å². The number of hydrogen-bond donors (Lipinski definition) is 1. The van der Waals surface area contributed by atoms with Crippen LogP contribution >= 0.6 is 34.8 Å². The molecule has 0 atom stereocenters. The molecule has 0 fully saturated rings. The summed E-state index contributed by atoms with van der Waals surface area (Å²) in [5.41, 5.74) is 0. The van der Waals surface area contributed by atoms with E-state index in [4.69, 9.17) is 39.4 Å². The van der Waals surface area contributed by atoms with Crippen molar-refractivity contribution in [1.29, 1.82) is 0 Å². The van der Waals surface area contributed by atoms with Gasteiger partial charge in [-0.1, -0.05) is 34.8 Å². The summed E-state index contributed by atoms with van der Waals surface area (Å²) in [4.78, 5) is 0. The second kappa shape index (κ2) is 3.07.